The molecule has 5 heteroatoms. The van der Waals surface area contributed by atoms with Crippen LogP contribution in [0.25, 0.3) is 0 Å². The highest BCUT2D eigenvalue weighted by molar-refractivity contribution is 9.09. The molecular formula is C19H20BrNO3. The van der Waals surface area contributed by atoms with Crippen LogP contribution < -0.4 is 5.73 Å². The summed E-state index contributed by atoms with van der Waals surface area (Å²) in [4.78, 5) is -0.138. The summed E-state index contributed by atoms with van der Waals surface area (Å²) in [5.74, 6) is 0. The number of hydrogen-bond acceptors (Lipinski definition) is 4. The van der Waals surface area contributed by atoms with Gasteiger partial charge in [-0.15, -0.1) is 0 Å². The molecule has 1 heterocycles. The zero-order valence-corrected chi connectivity index (χ0v) is 14.6. The van der Waals surface area contributed by atoms with Gasteiger partial charge in [0.1, 0.15) is 24.4 Å². The van der Waals surface area contributed by atoms with E-state index in [1.807, 2.05) is 60.7 Å². The second-order valence-electron chi connectivity index (χ2n) is 6.38. The monoisotopic (exact) mass is 389 g/mol. The summed E-state index contributed by atoms with van der Waals surface area (Å²) >= 11 is 3.57. The second-order valence-corrected chi connectivity index (χ2v) is 7.43. The van der Waals surface area contributed by atoms with Gasteiger partial charge in [0.2, 0.25) is 0 Å². The molecule has 0 unspecified atom stereocenters. The van der Waals surface area contributed by atoms with Crippen molar-refractivity contribution in [2.24, 2.45) is 5.73 Å². The van der Waals surface area contributed by atoms with Gasteiger partial charge in [-0.25, -0.2) is 0 Å². The van der Waals surface area contributed by atoms with Crippen LogP contribution >= 0.6 is 15.9 Å². The van der Waals surface area contributed by atoms with E-state index in [0.29, 0.717) is 0 Å². The highest BCUT2D eigenvalue weighted by atomic mass is 79.9. The molecule has 1 saturated carbocycles. The average molecular weight is 390 g/mol. The minimum atomic E-state index is -0.748. The highest BCUT2D eigenvalue weighted by Gasteiger charge is 2.54. The van der Waals surface area contributed by atoms with E-state index in [1.165, 1.54) is 0 Å². The van der Waals surface area contributed by atoms with Crippen LogP contribution in [0.1, 0.15) is 23.3 Å². The zero-order valence-electron chi connectivity index (χ0n) is 13.0. The van der Waals surface area contributed by atoms with Crippen LogP contribution in [-0.4, -0.2) is 34.3 Å². The minimum absolute atomic E-state index is 0.138. The molecule has 2 aromatic carbocycles. The Morgan fingerprint density at radius 2 is 1.25 bits per heavy atom. The number of rotatable bonds is 2. The van der Waals surface area contributed by atoms with Crippen LogP contribution in [0.4, 0.5) is 0 Å². The van der Waals surface area contributed by atoms with E-state index in [-0.39, 0.29) is 23.1 Å². The maximum absolute atomic E-state index is 10.4. The van der Waals surface area contributed by atoms with Crippen molar-refractivity contribution in [3.05, 3.63) is 71.8 Å². The SMILES string of the molecule is N[C@H]1[C@@H](O)[C@@H]2O[C@H](c3ccccc3)[C@@H](c3ccccc3)O[C@@H]2[C@@H]1Br. The van der Waals surface area contributed by atoms with E-state index in [2.05, 4.69) is 15.9 Å². The number of halogens is 1. The third-order valence-electron chi connectivity index (χ3n) is 4.87. The maximum Gasteiger partial charge on any atom is 0.113 e. The molecular weight excluding hydrogens is 370 g/mol. The lowest BCUT2D eigenvalue weighted by Crippen LogP contribution is -2.45. The van der Waals surface area contributed by atoms with Gasteiger partial charge in [0.15, 0.2) is 0 Å². The van der Waals surface area contributed by atoms with Crippen LogP contribution in [-0.2, 0) is 9.47 Å². The molecule has 24 heavy (non-hydrogen) atoms. The largest absolute Gasteiger partial charge is 0.389 e. The molecule has 1 aliphatic heterocycles. The van der Waals surface area contributed by atoms with Gasteiger partial charge in [-0.3, -0.25) is 0 Å². The van der Waals surface area contributed by atoms with Gasteiger partial charge in [0.25, 0.3) is 0 Å². The molecule has 1 saturated heterocycles. The van der Waals surface area contributed by atoms with Crippen molar-refractivity contribution < 1.29 is 14.6 Å². The summed E-state index contributed by atoms with van der Waals surface area (Å²) in [5.41, 5.74) is 8.18. The topological polar surface area (TPSA) is 64.7 Å². The fraction of sp³-hybridized carbons (Fsp3) is 0.368. The standard InChI is InChI=1S/C19H20BrNO3/c20-13-14(21)15(22)19-18(13)23-16(11-7-3-1-4-8-11)17(24-19)12-9-5-2-6-10-12/h1-10,13-19,22H,21H2/t13-,14-,15-,16-,17-,18-,19+/m1/s1. The van der Waals surface area contributed by atoms with E-state index in [1.54, 1.807) is 0 Å². The molecule has 3 N–H and O–H groups in total. The van der Waals surface area contributed by atoms with Gasteiger partial charge in [-0.1, -0.05) is 76.6 Å². The molecule has 2 fully saturated rings. The Kier molecular flexibility index (Phi) is 4.45. The minimum Gasteiger partial charge on any atom is -0.389 e. The van der Waals surface area contributed by atoms with Crippen molar-refractivity contribution in [1.29, 1.82) is 0 Å². The Balaban J connectivity index is 1.72. The summed E-state index contributed by atoms with van der Waals surface area (Å²) in [6, 6.07) is 19.6. The van der Waals surface area contributed by atoms with Gasteiger partial charge in [0.05, 0.1) is 10.9 Å². The maximum atomic E-state index is 10.4. The predicted octanol–water partition coefficient (Wildman–Crippen LogP) is 2.72. The zero-order chi connectivity index (χ0) is 16.7. The number of aliphatic hydroxyl groups excluding tert-OH is 1. The molecule has 2 aliphatic rings. The van der Waals surface area contributed by atoms with Gasteiger partial charge in [-0.05, 0) is 11.1 Å². The Labute approximate surface area is 149 Å². The number of fused-ring (bicyclic) bond motifs is 1. The molecule has 0 amide bonds. The van der Waals surface area contributed by atoms with Crippen molar-refractivity contribution in [3.63, 3.8) is 0 Å². The van der Waals surface area contributed by atoms with Crippen molar-refractivity contribution >= 4 is 15.9 Å². The van der Waals surface area contributed by atoms with Gasteiger partial charge >= 0.3 is 0 Å². The van der Waals surface area contributed by atoms with E-state index >= 15 is 0 Å². The number of alkyl halides is 1. The third-order valence-corrected chi connectivity index (χ3v) is 6.01. The molecule has 2 aromatic rings. The summed E-state index contributed by atoms with van der Waals surface area (Å²) in [7, 11) is 0. The first-order valence-electron chi connectivity index (χ1n) is 8.15. The highest BCUT2D eigenvalue weighted by Crippen LogP contribution is 2.47. The average Bonchev–Trinajstić information content (AvgIpc) is 2.86. The quantitative estimate of drug-likeness (QED) is 0.775. The molecule has 0 spiro atoms. The Bertz CT molecular complexity index is 624. The summed E-state index contributed by atoms with van der Waals surface area (Å²) in [6.45, 7) is 0. The molecule has 126 valence electrons. The van der Waals surface area contributed by atoms with E-state index in [4.69, 9.17) is 15.2 Å². The summed E-state index contributed by atoms with van der Waals surface area (Å²) in [6.07, 6.45) is -1.99. The first-order valence-corrected chi connectivity index (χ1v) is 9.07. The van der Waals surface area contributed by atoms with Crippen molar-refractivity contribution in [2.45, 2.75) is 41.4 Å². The van der Waals surface area contributed by atoms with E-state index in [9.17, 15) is 5.11 Å². The Morgan fingerprint density at radius 3 is 1.75 bits per heavy atom. The molecule has 1 aliphatic carbocycles. The van der Waals surface area contributed by atoms with Crippen LogP contribution in [0.2, 0.25) is 0 Å². The summed E-state index contributed by atoms with van der Waals surface area (Å²) < 4.78 is 12.7. The van der Waals surface area contributed by atoms with Crippen LogP contribution in [0.15, 0.2) is 60.7 Å². The molecule has 0 aromatic heterocycles. The Morgan fingerprint density at radius 1 is 0.792 bits per heavy atom. The molecule has 4 rings (SSSR count). The number of hydrogen-bond donors (Lipinski definition) is 2. The summed E-state index contributed by atoms with van der Waals surface area (Å²) in [5, 5.41) is 10.4. The molecule has 0 radical (unpaired) electrons. The predicted molar refractivity (Wildman–Crippen MR) is 94.8 cm³/mol. The molecule has 0 bridgehead atoms. The number of ether oxygens (including phenoxy) is 2. The smallest absolute Gasteiger partial charge is 0.113 e. The van der Waals surface area contributed by atoms with Crippen molar-refractivity contribution in [2.75, 3.05) is 0 Å². The van der Waals surface area contributed by atoms with Gasteiger partial charge in [-0.2, -0.15) is 0 Å². The number of nitrogens with two attached hydrogens (primary N) is 1. The fourth-order valence-corrected chi connectivity index (χ4v) is 4.32. The lowest BCUT2D eigenvalue weighted by Gasteiger charge is -2.41. The first-order chi connectivity index (χ1) is 11.7. The lowest BCUT2D eigenvalue weighted by molar-refractivity contribution is -0.230. The Hall–Kier alpha value is -1.24. The van der Waals surface area contributed by atoms with E-state index < -0.39 is 18.2 Å². The fourth-order valence-electron chi connectivity index (χ4n) is 3.59. The van der Waals surface area contributed by atoms with Crippen molar-refractivity contribution in [1.82, 2.24) is 0 Å². The number of aliphatic hydroxyl groups is 1. The third kappa shape index (κ3) is 2.70. The number of benzene rings is 2. The lowest BCUT2D eigenvalue weighted by atomic mass is 9.95. The van der Waals surface area contributed by atoms with Gasteiger partial charge in [0, 0.05) is 6.04 Å². The van der Waals surface area contributed by atoms with Crippen LogP contribution in [0, 0.1) is 0 Å². The first kappa shape index (κ1) is 16.2. The second kappa shape index (κ2) is 6.58. The van der Waals surface area contributed by atoms with E-state index in [0.717, 1.165) is 11.1 Å². The van der Waals surface area contributed by atoms with Crippen LogP contribution in [0.3, 0.4) is 0 Å². The van der Waals surface area contributed by atoms with Gasteiger partial charge < -0.3 is 20.3 Å². The van der Waals surface area contributed by atoms with Crippen LogP contribution in [0.5, 0.6) is 0 Å². The molecule has 4 nitrogen and oxygen atoms in total. The van der Waals surface area contributed by atoms with Crippen molar-refractivity contribution in [3.8, 4) is 0 Å². The normalized spacial score (nSPS) is 38.7. The molecule has 7 atom stereocenters.